The van der Waals surface area contributed by atoms with Gasteiger partial charge in [0.05, 0.1) is 29.9 Å². The van der Waals surface area contributed by atoms with E-state index in [-0.39, 0.29) is 4.90 Å². The summed E-state index contributed by atoms with van der Waals surface area (Å²) in [6, 6.07) is 17.5. The Morgan fingerprint density at radius 1 is 1.00 bits per heavy atom. The maximum absolute atomic E-state index is 13.0. The van der Waals surface area contributed by atoms with Gasteiger partial charge in [-0.15, -0.1) is 0 Å². The number of nitrogens with two attached hydrogens (primary N) is 1. The maximum atomic E-state index is 13.0. The third-order valence-corrected chi connectivity index (χ3v) is 7.77. The fourth-order valence-corrected chi connectivity index (χ4v) is 5.70. The van der Waals surface area contributed by atoms with Gasteiger partial charge in [0, 0.05) is 11.3 Å². The van der Waals surface area contributed by atoms with Crippen LogP contribution in [0.5, 0.6) is 5.75 Å². The molecule has 1 aromatic heterocycles. The van der Waals surface area contributed by atoms with Crippen LogP contribution in [0.1, 0.15) is 39.7 Å². The van der Waals surface area contributed by atoms with E-state index < -0.39 is 16.3 Å². The topological polar surface area (TPSA) is 119 Å². The summed E-state index contributed by atoms with van der Waals surface area (Å²) in [5.41, 5.74) is 13.0. The molecule has 9 heteroatoms. The highest BCUT2D eigenvalue weighted by molar-refractivity contribution is 7.89. The smallest absolute Gasteiger partial charge is 0.243 e. The molecule has 4 rings (SSSR count). The van der Waals surface area contributed by atoms with Crippen LogP contribution < -0.4 is 15.2 Å². The molecule has 4 aromatic rings. The van der Waals surface area contributed by atoms with Crippen molar-refractivity contribution in [3.63, 3.8) is 0 Å². The van der Waals surface area contributed by atoms with Crippen molar-refractivity contribution >= 4 is 15.7 Å². The first-order valence-electron chi connectivity index (χ1n) is 11.8. The molecule has 0 saturated carbocycles. The molecule has 194 valence electrons. The number of aryl methyl sites for hydroxylation is 4. The Kier molecular flexibility index (Phi) is 7.40. The Hall–Kier alpha value is -3.66. The van der Waals surface area contributed by atoms with Crippen molar-refractivity contribution in [1.29, 1.82) is 0 Å². The van der Waals surface area contributed by atoms with E-state index in [0.717, 1.165) is 33.4 Å². The predicted molar refractivity (Wildman–Crippen MR) is 145 cm³/mol. The van der Waals surface area contributed by atoms with Crippen molar-refractivity contribution in [2.45, 2.75) is 45.4 Å². The summed E-state index contributed by atoms with van der Waals surface area (Å²) in [6.45, 7) is 8.39. The molecule has 1 atom stereocenters. The second-order valence-corrected chi connectivity index (χ2v) is 11.0. The Bertz CT molecular complexity index is 1540. The fourth-order valence-electron chi connectivity index (χ4n) is 4.60. The lowest BCUT2D eigenvalue weighted by Gasteiger charge is -2.17. The number of nitrogens with one attached hydrogen (secondary N) is 1. The van der Waals surface area contributed by atoms with Gasteiger partial charge in [-0.2, -0.15) is 9.82 Å². The average Bonchev–Trinajstić information content (AvgIpc) is 3.25. The molecule has 1 heterocycles. The van der Waals surface area contributed by atoms with E-state index in [0.29, 0.717) is 29.4 Å². The molecule has 3 aromatic carbocycles. The van der Waals surface area contributed by atoms with E-state index >= 15 is 0 Å². The van der Waals surface area contributed by atoms with Crippen LogP contribution in [0, 0.1) is 27.7 Å². The molecule has 0 spiro atoms. The van der Waals surface area contributed by atoms with Crippen molar-refractivity contribution < 1.29 is 18.3 Å². The summed E-state index contributed by atoms with van der Waals surface area (Å²) >= 11 is 0. The number of para-hydroxylation sites is 1. The zero-order chi connectivity index (χ0) is 26.9. The summed E-state index contributed by atoms with van der Waals surface area (Å²) in [7, 11) is -2.47. The monoisotopic (exact) mass is 520 g/mol. The van der Waals surface area contributed by atoms with E-state index in [1.807, 2.05) is 45.9 Å². The summed E-state index contributed by atoms with van der Waals surface area (Å²) in [5, 5.41) is 15.9. The third kappa shape index (κ3) is 5.53. The van der Waals surface area contributed by atoms with Gasteiger partial charge in [0.1, 0.15) is 5.75 Å². The Morgan fingerprint density at radius 2 is 1.68 bits per heavy atom. The van der Waals surface area contributed by atoms with Gasteiger partial charge in [0.25, 0.3) is 0 Å². The van der Waals surface area contributed by atoms with Gasteiger partial charge >= 0.3 is 0 Å². The second-order valence-electron chi connectivity index (χ2n) is 9.24. The van der Waals surface area contributed by atoms with Crippen molar-refractivity contribution in [3.05, 3.63) is 94.2 Å². The van der Waals surface area contributed by atoms with E-state index in [2.05, 4.69) is 16.9 Å². The summed E-state index contributed by atoms with van der Waals surface area (Å²) in [6.07, 6.45) is -1.56. The number of hydrogen-bond donors (Lipinski definition) is 3. The molecule has 0 aliphatic rings. The maximum Gasteiger partial charge on any atom is 0.243 e. The lowest BCUT2D eigenvalue weighted by atomic mass is 10.00. The van der Waals surface area contributed by atoms with Gasteiger partial charge in [-0.25, -0.2) is 8.42 Å². The number of aromatic nitrogens is 2. The Morgan fingerprint density at radius 3 is 2.32 bits per heavy atom. The number of sulfonamides is 1. The number of nitrogens with zero attached hydrogens (tertiary/aromatic N) is 2. The minimum Gasteiger partial charge on any atom is -0.496 e. The van der Waals surface area contributed by atoms with Gasteiger partial charge in [-0.3, -0.25) is 4.68 Å². The van der Waals surface area contributed by atoms with Gasteiger partial charge < -0.3 is 15.6 Å². The van der Waals surface area contributed by atoms with Crippen molar-refractivity contribution in [2.24, 2.45) is 0 Å². The van der Waals surface area contributed by atoms with Gasteiger partial charge in [-0.05, 0) is 80.3 Å². The molecular formula is C28H32N4O4S. The van der Waals surface area contributed by atoms with Gasteiger partial charge in [-0.1, -0.05) is 35.9 Å². The molecule has 0 bridgehead atoms. The van der Waals surface area contributed by atoms with E-state index in [4.69, 9.17) is 15.6 Å². The lowest BCUT2D eigenvalue weighted by Crippen LogP contribution is -2.30. The largest absolute Gasteiger partial charge is 0.496 e. The van der Waals surface area contributed by atoms with Gasteiger partial charge in [0.15, 0.2) is 6.23 Å². The summed E-state index contributed by atoms with van der Waals surface area (Å²) in [5.74, 6) is 0.663. The quantitative estimate of drug-likeness (QED) is 0.234. The summed E-state index contributed by atoms with van der Waals surface area (Å²) < 4.78 is 35.7. The fraction of sp³-hybridized carbons (Fsp3) is 0.250. The number of aliphatic hydroxyl groups excluding tert-OH is 1. The predicted octanol–water partition coefficient (Wildman–Crippen LogP) is 4.39. The minimum absolute atomic E-state index is 0.0385. The van der Waals surface area contributed by atoms with Crippen LogP contribution >= 0.6 is 0 Å². The highest BCUT2D eigenvalue weighted by Crippen LogP contribution is 2.34. The highest BCUT2D eigenvalue weighted by atomic mass is 32.2. The van der Waals surface area contributed by atoms with Gasteiger partial charge in [0.2, 0.25) is 10.0 Å². The lowest BCUT2D eigenvalue weighted by molar-refractivity contribution is 0.155. The van der Waals surface area contributed by atoms with Crippen LogP contribution in [0.25, 0.3) is 11.3 Å². The highest BCUT2D eigenvalue weighted by Gasteiger charge is 2.25. The van der Waals surface area contributed by atoms with Crippen molar-refractivity contribution in [2.75, 3.05) is 12.8 Å². The molecule has 8 nitrogen and oxygen atoms in total. The molecule has 1 unspecified atom stereocenters. The molecule has 0 aliphatic heterocycles. The average molecular weight is 521 g/mol. The number of nitrogen functional groups attached to an aromatic ring is 1. The van der Waals surface area contributed by atoms with Crippen LogP contribution in [0.3, 0.4) is 0 Å². The minimum atomic E-state index is -4.06. The molecule has 37 heavy (non-hydrogen) atoms. The standard InChI is InChI=1S/C28H32N4O4S/c1-17-12-19(3)24(20(4)13-17)16-32-26(15-25(30-32)23-11-6-8-18(2)27(23)36-5)28(33)31-37(34,35)22-10-7-9-21(29)14-22/h6-15,28,31,33H,16,29H2,1-5H3. The molecule has 0 saturated heterocycles. The molecule has 0 radical (unpaired) electrons. The number of ether oxygens (including phenoxy) is 1. The zero-order valence-corrected chi connectivity index (χ0v) is 22.4. The number of anilines is 1. The van der Waals surface area contributed by atoms with E-state index in [1.165, 1.54) is 12.1 Å². The van der Waals surface area contributed by atoms with Crippen molar-refractivity contribution in [1.82, 2.24) is 14.5 Å². The Balaban J connectivity index is 1.80. The zero-order valence-electron chi connectivity index (χ0n) is 21.6. The third-order valence-electron chi connectivity index (χ3n) is 6.37. The van der Waals surface area contributed by atoms with E-state index in [9.17, 15) is 13.5 Å². The Labute approximate surface area is 217 Å². The second kappa shape index (κ2) is 10.4. The number of benzene rings is 3. The molecular weight excluding hydrogens is 488 g/mol. The summed E-state index contributed by atoms with van der Waals surface area (Å²) in [4.78, 5) is -0.0385. The van der Waals surface area contributed by atoms with E-state index in [1.54, 1.807) is 30.0 Å². The molecule has 4 N–H and O–H groups in total. The van der Waals surface area contributed by atoms with Crippen LogP contribution in [0.4, 0.5) is 5.69 Å². The van der Waals surface area contributed by atoms with Crippen LogP contribution in [0.2, 0.25) is 0 Å². The number of aliphatic hydroxyl groups is 1. The normalized spacial score (nSPS) is 12.5. The first kappa shape index (κ1) is 26.4. The molecule has 0 fully saturated rings. The number of methoxy groups -OCH3 is 1. The van der Waals surface area contributed by atoms with Crippen molar-refractivity contribution in [3.8, 4) is 17.0 Å². The first-order valence-corrected chi connectivity index (χ1v) is 13.3. The SMILES string of the molecule is COc1c(C)cccc1-c1cc(C(O)NS(=O)(=O)c2cccc(N)c2)n(Cc2c(C)cc(C)cc2C)n1. The molecule has 0 amide bonds. The van der Waals surface area contributed by atoms with Crippen LogP contribution in [0.15, 0.2) is 65.6 Å². The van der Waals surface area contributed by atoms with Crippen LogP contribution in [-0.2, 0) is 16.6 Å². The first-order chi connectivity index (χ1) is 17.5. The molecule has 0 aliphatic carbocycles. The number of rotatable bonds is 8. The van der Waals surface area contributed by atoms with Crippen LogP contribution in [-0.4, -0.2) is 30.4 Å². The number of hydrogen-bond acceptors (Lipinski definition) is 6.